The topological polar surface area (TPSA) is 64.3 Å². The summed E-state index contributed by atoms with van der Waals surface area (Å²) in [5.41, 5.74) is 2.13. The number of methoxy groups -OCH3 is 1. The first-order valence-electron chi connectivity index (χ1n) is 5.59. The average Bonchev–Trinajstić information content (AvgIpc) is 2.93. The Morgan fingerprint density at radius 1 is 1.42 bits per heavy atom. The van der Waals surface area contributed by atoms with E-state index in [0.29, 0.717) is 4.88 Å². The van der Waals surface area contributed by atoms with Crippen LogP contribution in [-0.4, -0.2) is 13.0 Å². The summed E-state index contributed by atoms with van der Waals surface area (Å²) >= 11 is 3.15. The molecule has 1 aromatic heterocycles. The minimum Gasteiger partial charge on any atom is -0.497 e. The zero-order valence-corrected chi connectivity index (χ0v) is 12.0. The second-order valence-electron chi connectivity index (χ2n) is 3.71. The van der Waals surface area contributed by atoms with Gasteiger partial charge in [-0.15, -0.1) is 23.1 Å². The van der Waals surface area contributed by atoms with Crippen LogP contribution in [0, 0.1) is 0 Å². The molecule has 1 aromatic carbocycles. The summed E-state index contributed by atoms with van der Waals surface area (Å²) in [6.45, 7) is 0. The second kappa shape index (κ2) is 6.60. The molecule has 0 spiro atoms. The fourth-order valence-electron chi connectivity index (χ4n) is 1.49. The van der Waals surface area contributed by atoms with Crippen LogP contribution in [0.4, 0.5) is 0 Å². The highest BCUT2D eigenvalue weighted by Crippen LogP contribution is 2.28. The molecular formula is C13H14N2O2S2. The van der Waals surface area contributed by atoms with Crippen molar-refractivity contribution in [3.8, 4) is 5.75 Å². The Bertz CT molecular complexity index is 569. The number of nitrogens with one attached hydrogen (secondary N) is 1. The van der Waals surface area contributed by atoms with Gasteiger partial charge in [0.25, 0.3) is 5.91 Å². The van der Waals surface area contributed by atoms with Gasteiger partial charge in [-0.05, 0) is 30.3 Å². The van der Waals surface area contributed by atoms with Crippen LogP contribution in [0.1, 0.15) is 14.5 Å². The molecule has 100 valence electrons. The third-order valence-corrected chi connectivity index (χ3v) is 4.75. The summed E-state index contributed by atoms with van der Waals surface area (Å²) in [5.74, 6) is 6.51. The van der Waals surface area contributed by atoms with Gasteiger partial charge in [-0.1, -0.05) is 6.07 Å². The van der Waals surface area contributed by atoms with Crippen LogP contribution in [-0.2, 0) is 5.75 Å². The number of benzene rings is 1. The maximum atomic E-state index is 11.3. The van der Waals surface area contributed by atoms with Crippen molar-refractivity contribution in [2.24, 2.45) is 5.84 Å². The van der Waals surface area contributed by atoms with Crippen LogP contribution in [0.2, 0.25) is 0 Å². The van der Waals surface area contributed by atoms with Crippen molar-refractivity contribution in [1.82, 2.24) is 5.43 Å². The quantitative estimate of drug-likeness (QED) is 0.385. The molecule has 0 aliphatic rings. The van der Waals surface area contributed by atoms with Crippen molar-refractivity contribution in [1.29, 1.82) is 0 Å². The van der Waals surface area contributed by atoms with Crippen LogP contribution < -0.4 is 16.0 Å². The normalized spacial score (nSPS) is 10.2. The molecule has 0 unspecified atom stereocenters. The van der Waals surface area contributed by atoms with Gasteiger partial charge in [0.1, 0.15) is 5.75 Å². The number of amides is 1. The first-order valence-corrected chi connectivity index (χ1v) is 7.39. The number of hydrogen-bond acceptors (Lipinski definition) is 5. The van der Waals surface area contributed by atoms with E-state index in [1.165, 1.54) is 11.3 Å². The third kappa shape index (κ3) is 3.73. The second-order valence-corrected chi connectivity index (χ2v) is 5.92. The number of hydrogen-bond donors (Lipinski definition) is 2. The molecule has 0 aliphatic carbocycles. The van der Waals surface area contributed by atoms with Crippen LogP contribution in [0.5, 0.6) is 5.75 Å². The fraction of sp³-hybridized carbons (Fsp3) is 0.154. The largest absolute Gasteiger partial charge is 0.497 e. The van der Waals surface area contributed by atoms with E-state index in [-0.39, 0.29) is 5.91 Å². The molecule has 4 nitrogen and oxygen atoms in total. The lowest BCUT2D eigenvalue weighted by Gasteiger charge is -2.03. The summed E-state index contributed by atoms with van der Waals surface area (Å²) in [4.78, 5) is 14.2. The van der Waals surface area contributed by atoms with Gasteiger partial charge >= 0.3 is 0 Å². The van der Waals surface area contributed by atoms with Crippen molar-refractivity contribution >= 4 is 29.0 Å². The van der Waals surface area contributed by atoms with Crippen molar-refractivity contribution in [2.75, 3.05) is 7.11 Å². The van der Waals surface area contributed by atoms with Crippen LogP contribution in [0.25, 0.3) is 0 Å². The lowest BCUT2D eigenvalue weighted by molar-refractivity contribution is 0.0957. The molecule has 1 heterocycles. The summed E-state index contributed by atoms with van der Waals surface area (Å²) < 4.78 is 5.18. The molecule has 3 N–H and O–H groups in total. The van der Waals surface area contributed by atoms with Crippen LogP contribution >= 0.6 is 23.1 Å². The van der Waals surface area contributed by atoms with E-state index in [1.807, 2.05) is 30.3 Å². The third-order valence-electron chi connectivity index (χ3n) is 2.44. The number of thiophene rings is 1. The van der Waals surface area contributed by atoms with E-state index in [4.69, 9.17) is 10.6 Å². The smallest absolute Gasteiger partial charge is 0.275 e. The van der Waals surface area contributed by atoms with Gasteiger partial charge < -0.3 is 4.74 Å². The predicted octanol–water partition coefficient (Wildman–Crippen LogP) is 2.65. The van der Waals surface area contributed by atoms with E-state index in [2.05, 4.69) is 5.43 Å². The average molecular weight is 294 g/mol. The molecule has 19 heavy (non-hydrogen) atoms. The number of nitrogens with two attached hydrogens (primary N) is 1. The minimum atomic E-state index is -0.248. The number of hydrazine groups is 1. The van der Waals surface area contributed by atoms with Gasteiger partial charge in [0, 0.05) is 15.5 Å². The molecular weight excluding hydrogens is 280 g/mol. The predicted molar refractivity (Wildman–Crippen MR) is 78.5 cm³/mol. The maximum absolute atomic E-state index is 11.3. The SMILES string of the molecule is COc1cccc(SCc2ccc(C(=O)NN)s2)c1. The Balaban J connectivity index is 1.98. The van der Waals surface area contributed by atoms with E-state index >= 15 is 0 Å². The molecule has 0 aliphatic heterocycles. The summed E-state index contributed by atoms with van der Waals surface area (Å²) in [6, 6.07) is 11.6. The number of nitrogen functional groups attached to an aromatic ring is 1. The molecule has 0 saturated heterocycles. The number of rotatable bonds is 5. The Hall–Kier alpha value is -1.50. The van der Waals surface area contributed by atoms with Crippen molar-refractivity contribution in [2.45, 2.75) is 10.6 Å². The van der Waals surface area contributed by atoms with E-state index in [1.54, 1.807) is 24.9 Å². The fourth-order valence-corrected chi connectivity index (χ4v) is 3.39. The van der Waals surface area contributed by atoms with Gasteiger partial charge in [-0.25, -0.2) is 5.84 Å². The molecule has 1 amide bonds. The number of carbonyl (C=O) groups excluding carboxylic acids is 1. The molecule has 6 heteroatoms. The minimum absolute atomic E-state index is 0.248. The van der Waals surface area contributed by atoms with Crippen molar-refractivity contribution < 1.29 is 9.53 Å². The Morgan fingerprint density at radius 2 is 2.26 bits per heavy atom. The van der Waals surface area contributed by atoms with E-state index in [0.717, 1.165) is 21.3 Å². The monoisotopic (exact) mass is 294 g/mol. The molecule has 0 fully saturated rings. The van der Waals surface area contributed by atoms with Crippen molar-refractivity contribution in [3.05, 3.63) is 46.2 Å². The van der Waals surface area contributed by atoms with Crippen molar-refractivity contribution in [3.63, 3.8) is 0 Å². The maximum Gasteiger partial charge on any atom is 0.275 e. The van der Waals surface area contributed by atoms with Gasteiger partial charge in [0.15, 0.2) is 0 Å². The van der Waals surface area contributed by atoms with Crippen LogP contribution in [0.15, 0.2) is 41.3 Å². The number of thioether (sulfide) groups is 1. The Morgan fingerprint density at radius 3 is 3.00 bits per heavy atom. The summed E-state index contributed by atoms with van der Waals surface area (Å²) in [5, 5.41) is 0. The summed E-state index contributed by atoms with van der Waals surface area (Å²) in [6.07, 6.45) is 0. The Kier molecular flexibility index (Phi) is 4.84. The van der Waals surface area contributed by atoms with E-state index < -0.39 is 0 Å². The molecule has 2 rings (SSSR count). The summed E-state index contributed by atoms with van der Waals surface area (Å²) in [7, 11) is 1.65. The standard InChI is InChI=1S/C13H14N2O2S2/c1-17-9-3-2-4-10(7-9)18-8-11-5-6-12(19-11)13(16)15-14/h2-7H,8,14H2,1H3,(H,15,16). The molecule has 0 bridgehead atoms. The van der Waals surface area contributed by atoms with E-state index in [9.17, 15) is 4.79 Å². The number of ether oxygens (including phenoxy) is 1. The van der Waals surface area contributed by atoms with Gasteiger partial charge in [0.2, 0.25) is 0 Å². The first kappa shape index (κ1) is 13.9. The number of carbonyl (C=O) groups is 1. The van der Waals surface area contributed by atoms with Gasteiger partial charge in [-0.2, -0.15) is 0 Å². The lowest BCUT2D eigenvalue weighted by Crippen LogP contribution is -2.29. The lowest BCUT2D eigenvalue weighted by atomic mass is 10.3. The Labute approximate surface area is 119 Å². The molecule has 2 aromatic rings. The molecule has 0 radical (unpaired) electrons. The van der Waals surface area contributed by atoms with Gasteiger partial charge in [-0.3, -0.25) is 10.2 Å². The van der Waals surface area contributed by atoms with Gasteiger partial charge in [0.05, 0.1) is 12.0 Å². The molecule has 0 saturated carbocycles. The first-order chi connectivity index (χ1) is 9.22. The zero-order valence-electron chi connectivity index (χ0n) is 10.4. The highest BCUT2D eigenvalue weighted by atomic mass is 32.2. The highest BCUT2D eigenvalue weighted by molar-refractivity contribution is 7.98. The zero-order chi connectivity index (χ0) is 13.7. The van der Waals surface area contributed by atoms with Crippen LogP contribution in [0.3, 0.4) is 0 Å². The molecule has 0 atom stereocenters. The highest BCUT2D eigenvalue weighted by Gasteiger charge is 2.07.